The molecule has 152 valence electrons. The van der Waals surface area contributed by atoms with Crippen LogP contribution in [0, 0.1) is 5.92 Å². The molecule has 0 radical (unpaired) electrons. The minimum Gasteiger partial charge on any atom is -0.495 e. The average Bonchev–Trinajstić information content (AvgIpc) is 3.06. The number of likely N-dealkylation sites (N-methyl/N-ethyl adjacent to an activating group) is 1. The van der Waals surface area contributed by atoms with E-state index in [2.05, 4.69) is 10.6 Å². The number of ether oxygens (including phenoxy) is 2. The first-order valence-electron chi connectivity index (χ1n) is 8.69. The van der Waals surface area contributed by atoms with Gasteiger partial charge < -0.3 is 25.0 Å². The molecule has 0 aliphatic carbocycles. The van der Waals surface area contributed by atoms with Gasteiger partial charge in [-0.25, -0.2) is 0 Å². The van der Waals surface area contributed by atoms with Crippen LogP contribution < -0.4 is 20.3 Å². The van der Waals surface area contributed by atoms with Crippen molar-refractivity contribution >= 4 is 41.0 Å². The Morgan fingerprint density at radius 1 is 1.25 bits per heavy atom. The monoisotopic (exact) mass is 411 g/mol. The van der Waals surface area contributed by atoms with Crippen molar-refractivity contribution in [3.05, 3.63) is 23.2 Å². The van der Waals surface area contributed by atoms with Crippen LogP contribution in [-0.4, -0.2) is 57.0 Å². The number of anilines is 1. The molecule has 9 nitrogen and oxygen atoms in total. The summed E-state index contributed by atoms with van der Waals surface area (Å²) >= 11 is 6.00. The number of amides is 3. The topological polar surface area (TPSA) is 114 Å². The molecule has 2 rings (SSSR count). The normalized spacial score (nSPS) is 15.9. The highest BCUT2D eigenvalue weighted by molar-refractivity contribution is 6.31. The van der Waals surface area contributed by atoms with E-state index in [4.69, 9.17) is 21.1 Å². The van der Waals surface area contributed by atoms with Gasteiger partial charge in [-0.1, -0.05) is 11.6 Å². The van der Waals surface area contributed by atoms with E-state index in [9.17, 15) is 19.2 Å². The van der Waals surface area contributed by atoms with Crippen molar-refractivity contribution in [2.24, 2.45) is 5.92 Å². The maximum Gasteiger partial charge on any atom is 0.311 e. The summed E-state index contributed by atoms with van der Waals surface area (Å²) in [6.45, 7) is 1.58. The van der Waals surface area contributed by atoms with Gasteiger partial charge in [0.2, 0.25) is 11.8 Å². The van der Waals surface area contributed by atoms with Crippen molar-refractivity contribution in [1.82, 2.24) is 10.6 Å². The van der Waals surface area contributed by atoms with E-state index in [0.717, 1.165) is 0 Å². The minimum atomic E-state index is -0.715. The van der Waals surface area contributed by atoms with Crippen molar-refractivity contribution in [1.29, 1.82) is 0 Å². The molecule has 10 heteroatoms. The van der Waals surface area contributed by atoms with Crippen LogP contribution in [0.5, 0.6) is 5.75 Å². The molecule has 0 spiro atoms. The molecule has 1 fully saturated rings. The Balaban J connectivity index is 1.89. The lowest BCUT2D eigenvalue weighted by Gasteiger charge is -2.19. The van der Waals surface area contributed by atoms with Crippen LogP contribution in [0.1, 0.15) is 13.3 Å². The highest BCUT2D eigenvalue weighted by Crippen LogP contribution is 2.35. The summed E-state index contributed by atoms with van der Waals surface area (Å²) in [5.41, 5.74) is 0.468. The molecule has 0 saturated carbocycles. The van der Waals surface area contributed by atoms with Gasteiger partial charge in [-0.2, -0.15) is 0 Å². The predicted molar refractivity (Wildman–Crippen MR) is 101 cm³/mol. The Morgan fingerprint density at radius 2 is 2.00 bits per heavy atom. The zero-order valence-corrected chi connectivity index (χ0v) is 16.4. The van der Waals surface area contributed by atoms with Crippen LogP contribution in [0.15, 0.2) is 18.2 Å². The SMILES string of the molecule is CCNC(=O)CNC(=O)COC(=O)[C@H]1CC(=O)N(c2cc(Cl)ccc2OC)C1. The first kappa shape index (κ1) is 21.5. The number of benzene rings is 1. The van der Waals surface area contributed by atoms with E-state index in [1.54, 1.807) is 25.1 Å². The molecule has 1 saturated heterocycles. The molecular weight excluding hydrogens is 390 g/mol. The quantitative estimate of drug-likeness (QED) is 0.602. The van der Waals surface area contributed by atoms with E-state index in [1.807, 2.05) is 0 Å². The molecule has 1 aromatic carbocycles. The third-order valence-corrected chi connectivity index (χ3v) is 4.29. The van der Waals surface area contributed by atoms with Crippen LogP contribution in [0.25, 0.3) is 0 Å². The lowest BCUT2D eigenvalue weighted by Crippen LogP contribution is -2.39. The van der Waals surface area contributed by atoms with Crippen LogP contribution in [0.4, 0.5) is 5.69 Å². The molecule has 0 aromatic heterocycles. The molecule has 1 aromatic rings. The number of carbonyl (C=O) groups is 4. The summed E-state index contributed by atoms with van der Waals surface area (Å²) in [7, 11) is 1.47. The number of halogens is 1. The maximum atomic E-state index is 12.3. The standard InChI is InChI=1S/C18H22ClN3O6/c1-3-20-15(23)8-21-16(24)10-28-18(26)11-6-17(25)22(9-11)13-7-12(19)4-5-14(13)27-2/h4-5,7,11H,3,6,8-10H2,1-2H3,(H,20,23)(H,21,24)/t11-/m0/s1. The molecule has 28 heavy (non-hydrogen) atoms. The van der Waals surface area contributed by atoms with E-state index in [0.29, 0.717) is 23.0 Å². The zero-order valence-electron chi connectivity index (χ0n) is 15.6. The number of hydrogen-bond acceptors (Lipinski definition) is 6. The maximum absolute atomic E-state index is 12.3. The van der Waals surface area contributed by atoms with Crippen LogP contribution in [0.3, 0.4) is 0 Å². The first-order chi connectivity index (χ1) is 13.3. The summed E-state index contributed by atoms with van der Waals surface area (Å²) in [5, 5.41) is 5.30. The molecule has 0 bridgehead atoms. The number of esters is 1. The Labute approximate surface area is 167 Å². The lowest BCUT2D eigenvalue weighted by molar-refractivity contribution is -0.152. The number of carbonyl (C=O) groups excluding carboxylic acids is 4. The largest absolute Gasteiger partial charge is 0.495 e. The van der Waals surface area contributed by atoms with Crippen LogP contribution in [0.2, 0.25) is 5.02 Å². The van der Waals surface area contributed by atoms with Gasteiger partial charge in [-0.3, -0.25) is 19.2 Å². The van der Waals surface area contributed by atoms with Gasteiger partial charge in [-0.05, 0) is 25.1 Å². The zero-order chi connectivity index (χ0) is 20.7. The number of nitrogens with zero attached hydrogens (tertiary/aromatic N) is 1. The summed E-state index contributed by atoms with van der Waals surface area (Å²) in [4.78, 5) is 48.9. The van der Waals surface area contributed by atoms with Crippen molar-refractivity contribution in [2.75, 3.05) is 38.3 Å². The van der Waals surface area contributed by atoms with Crippen molar-refractivity contribution in [3.8, 4) is 5.75 Å². The van der Waals surface area contributed by atoms with Crippen LogP contribution >= 0.6 is 11.6 Å². The lowest BCUT2D eigenvalue weighted by atomic mass is 10.1. The fourth-order valence-corrected chi connectivity index (χ4v) is 2.88. The first-order valence-corrected chi connectivity index (χ1v) is 9.07. The number of rotatable bonds is 8. The van der Waals surface area contributed by atoms with Gasteiger partial charge in [-0.15, -0.1) is 0 Å². The number of nitrogens with one attached hydrogen (secondary N) is 2. The molecule has 1 aliphatic rings. The highest BCUT2D eigenvalue weighted by Gasteiger charge is 2.37. The fraction of sp³-hybridized carbons (Fsp3) is 0.444. The van der Waals surface area contributed by atoms with Gasteiger partial charge in [0, 0.05) is 24.5 Å². The van der Waals surface area contributed by atoms with E-state index >= 15 is 0 Å². The van der Waals surface area contributed by atoms with Crippen molar-refractivity contribution in [3.63, 3.8) is 0 Å². The van der Waals surface area contributed by atoms with E-state index in [-0.39, 0.29) is 31.3 Å². The molecule has 0 unspecified atom stereocenters. The van der Waals surface area contributed by atoms with Gasteiger partial charge in [0.25, 0.3) is 5.91 Å². The second-order valence-corrected chi connectivity index (χ2v) is 6.50. The van der Waals surface area contributed by atoms with Gasteiger partial charge in [0.15, 0.2) is 6.61 Å². The minimum absolute atomic E-state index is 0.0466. The second-order valence-electron chi connectivity index (χ2n) is 6.06. The summed E-state index contributed by atoms with van der Waals surface area (Å²) in [6, 6.07) is 4.85. The number of hydrogen-bond donors (Lipinski definition) is 2. The third kappa shape index (κ3) is 5.59. The molecule has 1 aliphatic heterocycles. The molecular formula is C18H22ClN3O6. The molecule has 1 atom stereocenters. The smallest absolute Gasteiger partial charge is 0.311 e. The fourth-order valence-electron chi connectivity index (χ4n) is 2.72. The molecule has 2 N–H and O–H groups in total. The van der Waals surface area contributed by atoms with Gasteiger partial charge in [0.05, 0.1) is 25.3 Å². The summed E-state index contributed by atoms with van der Waals surface area (Å²) in [5.74, 6) is -2.14. The van der Waals surface area contributed by atoms with E-state index in [1.165, 1.54) is 12.0 Å². The Kier molecular flexibility index (Phi) is 7.62. The third-order valence-electron chi connectivity index (χ3n) is 4.06. The van der Waals surface area contributed by atoms with Crippen molar-refractivity contribution in [2.45, 2.75) is 13.3 Å². The van der Waals surface area contributed by atoms with E-state index < -0.39 is 24.4 Å². The van der Waals surface area contributed by atoms with Crippen LogP contribution in [-0.2, 0) is 23.9 Å². The Bertz CT molecular complexity index is 770. The van der Waals surface area contributed by atoms with Crippen molar-refractivity contribution < 1.29 is 28.7 Å². The molecule has 1 heterocycles. The molecule has 3 amide bonds. The summed E-state index contributed by atoms with van der Waals surface area (Å²) in [6.07, 6.45) is -0.0466. The Morgan fingerprint density at radius 3 is 2.68 bits per heavy atom. The average molecular weight is 412 g/mol. The number of methoxy groups -OCH3 is 1. The Hall–Kier alpha value is -2.81. The second kappa shape index (κ2) is 9.93. The predicted octanol–water partition coefficient (Wildman–Crippen LogP) is 0.497. The summed E-state index contributed by atoms with van der Waals surface area (Å²) < 4.78 is 10.2. The van der Waals surface area contributed by atoms with Gasteiger partial charge >= 0.3 is 5.97 Å². The highest BCUT2D eigenvalue weighted by atomic mass is 35.5. The van der Waals surface area contributed by atoms with Gasteiger partial charge in [0.1, 0.15) is 5.75 Å².